The van der Waals surface area contributed by atoms with Crippen LogP contribution in [-0.4, -0.2) is 29.7 Å². The molecule has 0 fully saturated rings. The van der Waals surface area contributed by atoms with Gasteiger partial charge in [0.05, 0.1) is 31.1 Å². The van der Waals surface area contributed by atoms with Crippen molar-refractivity contribution in [3.8, 4) is 11.5 Å². The highest BCUT2D eigenvalue weighted by Crippen LogP contribution is 2.30. The lowest BCUT2D eigenvalue weighted by Gasteiger charge is -2.09. The van der Waals surface area contributed by atoms with Crippen molar-refractivity contribution in [3.05, 3.63) is 63.7 Å². The Bertz CT molecular complexity index is 1170. The van der Waals surface area contributed by atoms with Crippen molar-refractivity contribution in [1.82, 2.24) is 9.55 Å². The Labute approximate surface area is 160 Å². The number of carboxylic acids is 1. The fourth-order valence-corrected chi connectivity index (χ4v) is 3.40. The molecular formula is C21H17N2O5-. The van der Waals surface area contributed by atoms with Crippen molar-refractivity contribution < 1.29 is 19.4 Å². The summed E-state index contributed by atoms with van der Waals surface area (Å²) in [6.07, 6.45) is 2.58. The standard InChI is InChI=1S/C21H18N2O5/c1-27-15-8-12(9-16(11-15)28-2)7-13-5-6-23-19(13)22-18-10-14(21(25)26)3-4-17(18)20(23)24/h3-4,7-11H,5-6H2,1-2H3,(H,25,26)/p-1/b13-7+. The summed E-state index contributed by atoms with van der Waals surface area (Å²) in [5, 5.41) is 11.5. The van der Waals surface area contributed by atoms with Crippen molar-refractivity contribution in [2.75, 3.05) is 14.2 Å². The molecule has 28 heavy (non-hydrogen) atoms. The quantitative estimate of drug-likeness (QED) is 0.687. The van der Waals surface area contributed by atoms with Crippen LogP contribution in [0.5, 0.6) is 11.5 Å². The molecule has 2 aromatic carbocycles. The number of carbonyl (C=O) groups excluding carboxylic acids is 1. The van der Waals surface area contributed by atoms with Crippen LogP contribution in [-0.2, 0) is 6.54 Å². The fourth-order valence-electron chi connectivity index (χ4n) is 3.40. The van der Waals surface area contributed by atoms with Crippen LogP contribution < -0.4 is 20.1 Å². The van der Waals surface area contributed by atoms with Gasteiger partial charge in [0.1, 0.15) is 17.3 Å². The minimum Gasteiger partial charge on any atom is -0.545 e. The van der Waals surface area contributed by atoms with E-state index in [0.29, 0.717) is 41.2 Å². The third-order valence-electron chi connectivity index (χ3n) is 4.80. The maximum atomic E-state index is 12.8. The second-order valence-corrected chi connectivity index (χ2v) is 6.48. The van der Waals surface area contributed by atoms with E-state index in [1.165, 1.54) is 18.2 Å². The van der Waals surface area contributed by atoms with Crippen LogP contribution in [0.15, 0.2) is 41.2 Å². The lowest BCUT2D eigenvalue weighted by atomic mass is 10.1. The number of carbonyl (C=O) groups is 1. The molecule has 7 heteroatoms. The molecule has 4 rings (SSSR count). The van der Waals surface area contributed by atoms with Crippen LogP contribution in [0.4, 0.5) is 0 Å². The topological polar surface area (TPSA) is 93.5 Å². The number of aromatic carboxylic acids is 1. The third-order valence-corrected chi connectivity index (χ3v) is 4.80. The number of aromatic nitrogens is 2. The van der Waals surface area contributed by atoms with E-state index in [0.717, 1.165) is 11.1 Å². The van der Waals surface area contributed by atoms with E-state index < -0.39 is 5.97 Å². The first kappa shape index (κ1) is 17.8. The van der Waals surface area contributed by atoms with Gasteiger partial charge in [-0.15, -0.1) is 0 Å². The SMILES string of the molecule is COc1cc(/C=C2\CCn3c2nc2cc(C(=O)[O-])ccc2c3=O)cc(OC)c1. The predicted molar refractivity (Wildman–Crippen MR) is 102 cm³/mol. The molecule has 0 saturated carbocycles. The molecule has 0 unspecified atom stereocenters. The Hall–Kier alpha value is -3.61. The molecule has 0 N–H and O–H groups in total. The first-order valence-corrected chi connectivity index (χ1v) is 8.70. The molecule has 7 nitrogen and oxygen atoms in total. The average Bonchev–Trinajstić information content (AvgIpc) is 3.10. The number of carboxylic acid groups (broad SMARTS) is 1. The highest BCUT2D eigenvalue weighted by Gasteiger charge is 2.21. The smallest absolute Gasteiger partial charge is 0.261 e. The molecule has 142 valence electrons. The van der Waals surface area contributed by atoms with Gasteiger partial charge in [0.2, 0.25) is 0 Å². The van der Waals surface area contributed by atoms with E-state index in [-0.39, 0.29) is 11.1 Å². The van der Waals surface area contributed by atoms with Crippen LogP contribution >= 0.6 is 0 Å². The van der Waals surface area contributed by atoms with Crippen molar-refractivity contribution in [1.29, 1.82) is 0 Å². The van der Waals surface area contributed by atoms with E-state index in [1.807, 2.05) is 18.2 Å². The van der Waals surface area contributed by atoms with Crippen LogP contribution in [0.25, 0.3) is 22.6 Å². The summed E-state index contributed by atoms with van der Waals surface area (Å²) < 4.78 is 12.2. The number of nitrogens with zero attached hydrogens (tertiary/aromatic N) is 2. The summed E-state index contributed by atoms with van der Waals surface area (Å²) in [5.41, 5.74) is 1.89. The Morgan fingerprint density at radius 2 is 1.86 bits per heavy atom. The Kier molecular flexibility index (Phi) is 4.35. The molecule has 0 bridgehead atoms. The second-order valence-electron chi connectivity index (χ2n) is 6.48. The van der Waals surface area contributed by atoms with Gasteiger partial charge in [-0.25, -0.2) is 4.98 Å². The zero-order valence-electron chi connectivity index (χ0n) is 15.4. The minimum atomic E-state index is -1.30. The molecule has 0 radical (unpaired) electrons. The van der Waals surface area contributed by atoms with Gasteiger partial charge >= 0.3 is 0 Å². The van der Waals surface area contributed by atoms with E-state index in [1.54, 1.807) is 24.9 Å². The first-order valence-electron chi connectivity index (χ1n) is 8.70. The summed E-state index contributed by atoms with van der Waals surface area (Å²) >= 11 is 0. The summed E-state index contributed by atoms with van der Waals surface area (Å²) in [4.78, 5) is 28.5. The molecule has 3 aromatic rings. The molecular weight excluding hydrogens is 360 g/mol. The zero-order valence-corrected chi connectivity index (χ0v) is 15.4. The molecule has 2 heterocycles. The lowest BCUT2D eigenvalue weighted by molar-refractivity contribution is -0.255. The Balaban J connectivity index is 1.86. The summed E-state index contributed by atoms with van der Waals surface area (Å²) in [6.45, 7) is 0.520. The van der Waals surface area contributed by atoms with E-state index in [9.17, 15) is 14.7 Å². The largest absolute Gasteiger partial charge is 0.545 e. The number of benzene rings is 2. The van der Waals surface area contributed by atoms with Gasteiger partial charge in [-0.2, -0.15) is 0 Å². The van der Waals surface area contributed by atoms with Gasteiger partial charge in [0.25, 0.3) is 5.56 Å². The van der Waals surface area contributed by atoms with Crippen LogP contribution in [0.3, 0.4) is 0 Å². The highest BCUT2D eigenvalue weighted by atomic mass is 16.5. The number of rotatable bonds is 4. The highest BCUT2D eigenvalue weighted by molar-refractivity contribution is 5.92. The molecule has 1 aliphatic rings. The van der Waals surface area contributed by atoms with Crippen molar-refractivity contribution in [3.63, 3.8) is 0 Å². The van der Waals surface area contributed by atoms with E-state index >= 15 is 0 Å². The van der Waals surface area contributed by atoms with Crippen LogP contribution in [0.1, 0.15) is 28.2 Å². The second kappa shape index (κ2) is 6.84. The molecule has 0 spiro atoms. The Morgan fingerprint density at radius 1 is 1.14 bits per heavy atom. The van der Waals surface area contributed by atoms with Crippen LogP contribution in [0.2, 0.25) is 0 Å². The number of hydrogen-bond acceptors (Lipinski definition) is 6. The number of methoxy groups -OCH3 is 2. The summed E-state index contributed by atoms with van der Waals surface area (Å²) in [7, 11) is 3.16. The lowest BCUT2D eigenvalue weighted by Crippen LogP contribution is -2.23. The minimum absolute atomic E-state index is 0.00888. The molecule has 0 aliphatic carbocycles. The van der Waals surface area contributed by atoms with Gasteiger partial charge < -0.3 is 19.4 Å². The number of allylic oxidation sites excluding steroid dienone is 1. The molecule has 0 amide bonds. The average molecular weight is 377 g/mol. The van der Waals surface area contributed by atoms with Gasteiger partial charge in [-0.1, -0.05) is 6.07 Å². The van der Waals surface area contributed by atoms with Crippen molar-refractivity contribution >= 4 is 28.5 Å². The fraction of sp³-hybridized carbons (Fsp3) is 0.190. The molecule has 1 aliphatic heterocycles. The van der Waals surface area contributed by atoms with Gasteiger partial charge in [0.15, 0.2) is 0 Å². The Morgan fingerprint density at radius 3 is 2.50 bits per heavy atom. The maximum Gasteiger partial charge on any atom is 0.261 e. The number of hydrogen-bond donors (Lipinski definition) is 0. The van der Waals surface area contributed by atoms with Gasteiger partial charge in [-0.05, 0) is 53.5 Å². The molecule has 0 saturated heterocycles. The summed E-state index contributed by atoms with van der Waals surface area (Å²) in [6, 6.07) is 9.73. The van der Waals surface area contributed by atoms with Crippen molar-refractivity contribution in [2.24, 2.45) is 0 Å². The zero-order chi connectivity index (χ0) is 19.8. The molecule has 1 aromatic heterocycles. The predicted octanol–water partition coefficient (Wildman–Crippen LogP) is 1.72. The van der Waals surface area contributed by atoms with Gasteiger partial charge in [-0.3, -0.25) is 9.36 Å². The van der Waals surface area contributed by atoms with E-state index in [4.69, 9.17) is 9.47 Å². The summed E-state index contributed by atoms with van der Waals surface area (Å²) in [5.74, 6) is 0.552. The third kappa shape index (κ3) is 3.00. The molecule has 0 atom stereocenters. The first-order chi connectivity index (χ1) is 13.5. The van der Waals surface area contributed by atoms with Gasteiger partial charge in [0, 0.05) is 12.6 Å². The monoisotopic (exact) mass is 377 g/mol. The normalized spacial score (nSPS) is 14.3. The maximum absolute atomic E-state index is 12.8. The number of fused-ring (bicyclic) bond motifs is 2. The van der Waals surface area contributed by atoms with Crippen LogP contribution in [0, 0.1) is 0 Å². The van der Waals surface area contributed by atoms with E-state index in [2.05, 4.69) is 4.98 Å². The van der Waals surface area contributed by atoms with Crippen molar-refractivity contribution in [2.45, 2.75) is 13.0 Å². The number of ether oxygens (including phenoxy) is 2.